The zero-order valence-corrected chi connectivity index (χ0v) is 5.00. The van der Waals surface area contributed by atoms with Crippen molar-refractivity contribution in [1.82, 2.24) is 5.06 Å². The predicted octanol–water partition coefficient (Wildman–Crippen LogP) is -0.0380. The molecule has 1 rings (SSSR count). The summed E-state index contributed by atoms with van der Waals surface area (Å²) >= 11 is 0. The van der Waals surface area contributed by atoms with Gasteiger partial charge < -0.3 is 5.11 Å². The molecule has 1 unspecified atom stereocenters. The monoisotopic (exact) mass is 117 g/mol. The van der Waals surface area contributed by atoms with E-state index in [0.29, 0.717) is 0 Å². The molecule has 0 aromatic rings. The van der Waals surface area contributed by atoms with Crippen LogP contribution in [0.25, 0.3) is 0 Å². The Morgan fingerprint density at radius 3 is 2.75 bits per heavy atom. The first-order valence-corrected chi connectivity index (χ1v) is 2.83. The van der Waals surface area contributed by atoms with Gasteiger partial charge in [0.25, 0.3) is 0 Å². The quantitative estimate of drug-likeness (QED) is 0.523. The first-order chi connectivity index (χ1) is 3.84. The Hall–Kier alpha value is -0.120. The molecule has 0 amide bonds. The third-order valence-corrected chi connectivity index (χ3v) is 1.41. The van der Waals surface area contributed by atoms with Gasteiger partial charge in [-0.15, -0.1) is 0 Å². The van der Waals surface area contributed by atoms with Gasteiger partial charge in [0.05, 0.1) is 7.11 Å². The highest BCUT2D eigenvalue weighted by Crippen LogP contribution is 2.12. The van der Waals surface area contributed by atoms with Gasteiger partial charge in [-0.3, -0.25) is 4.84 Å². The van der Waals surface area contributed by atoms with E-state index in [2.05, 4.69) is 0 Å². The minimum Gasteiger partial charge on any atom is -0.376 e. The van der Waals surface area contributed by atoms with Crippen LogP contribution in [0.5, 0.6) is 0 Å². The van der Waals surface area contributed by atoms with Crippen molar-refractivity contribution in [3.63, 3.8) is 0 Å². The molecule has 48 valence electrons. The molecule has 8 heavy (non-hydrogen) atoms. The summed E-state index contributed by atoms with van der Waals surface area (Å²) < 4.78 is 0. The molecular formula is C5H11NO2. The largest absolute Gasteiger partial charge is 0.376 e. The number of rotatable bonds is 1. The van der Waals surface area contributed by atoms with E-state index < -0.39 is 0 Å². The molecule has 0 aromatic heterocycles. The molecule has 3 heteroatoms. The van der Waals surface area contributed by atoms with Gasteiger partial charge in [0.2, 0.25) is 0 Å². The summed E-state index contributed by atoms with van der Waals surface area (Å²) in [5.41, 5.74) is 0. The zero-order chi connectivity index (χ0) is 5.98. The van der Waals surface area contributed by atoms with E-state index in [1.165, 1.54) is 0 Å². The van der Waals surface area contributed by atoms with Crippen LogP contribution in [-0.4, -0.2) is 30.1 Å². The van der Waals surface area contributed by atoms with Crippen molar-refractivity contribution in [2.75, 3.05) is 13.7 Å². The van der Waals surface area contributed by atoms with Crippen LogP contribution >= 0.6 is 0 Å². The molecular weight excluding hydrogens is 106 g/mol. The van der Waals surface area contributed by atoms with Crippen LogP contribution < -0.4 is 0 Å². The van der Waals surface area contributed by atoms with Crippen LogP contribution in [0.2, 0.25) is 0 Å². The third kappa shape index (κ3) is 0.992. The normalized spacial score (nSPS) is 31.5. The molecule has 0 bridgehead atoms. The van der Waals surface area contributed by atoms with E-state index in [0.717, 1.165) is 19.4 Å². The van der Waals surface area contributed by atoms with Crippen LogP contribution in [0, 0.1) is 0 Å². The van der Waals surface area contributed by atoms with Gasteiger partial charge in [0.1, 0.15) is 6.23 Å². The summed E-state index contributed by atoms with van der Waals surface area (Å²) in [4.78, 5) is 4.81. The van der Waals surface area contributed by atoms with Crippen molar-refractivity contribution >= 4 is 0 Å². The number of hydrogen-bond acceptors (Lipinski definition) is 3. The Balaban J connectivity index is 2.30. The molecule has 0 saturated carbocycles. The van der Waals surface area contributed by atoms with Gasteiger partial charge in [-0.1, -0.05) is 0 Å². The molecule has 1 fully saturated rings. The Kier molecular flexibility index (Phi) is 1.83. The Morgan fingerprint density at radius 2 is 2.50 bits per heavy atom. The molecule has 1 aliphatic heterocycles. The third-order valence-electron chi connectivity index (χ3n) is 1.41. The molecule has 0 aliphatic carbocycles. The van der Waals surface area contributed by atoms with Crippen molar-refractivity contribution in [3.8, 4) is 0 Å². The highest BCUT2D eigenvalue weighted by molar-refractivity contribution is 4.61. The fourth-order valence-corrected chi connectivity index (χ4v) is 0.936. The van der Waals surface area contributed by atoms with E-state index in [-0.39, 0.29) is 6.23 Å². The summed E-state index contributed by atoms with van der Waals surface area (Å²) in [5.74, 6) is 0. The van der Waals surface area contributed by atoms with E-state index in [1.807, 2.05) is 0 Å². The van der Waals surface area contributed by atoms with Gasteiger partial charge in [-0.2, -0.15) is 5.06 Å². The molecule has 1 heterocycles. The summed E-state index contributed by atoms with van der Waals surface area (Å²) in [5, 5.41) is 10.6. The molecule has 1 saturated heterocycles. The van der Waals surface area contributed by atoms with Crippen molar-refractivity contribution in [1.29, 1.82) is 0 Å². The minimum absolute atomic E-state index is 0.361. The van der Waals surface area contributed by atoms with Crippen LogP contribution in [0.4, 0.5) is 0 Å². The Labute approximate surface area is 48.8 Å². The highest BCUT2D eigenvalue weighted by atomic mass is 16.7. The second-order valence-electron chi connectivity index (χ2n) is 1.95. The van der Waals surface area contributed by atoms with E-state index in [1.54, 1.807) is 12.2 Å². The van der Waals surface area contributed by atoms with Gasteiger partial charge in [-0.25, -0.2) is 0 Å². The summed E-state index contributed by atoms with van der Waals surface area (Å²) in [6.07, 6.45) is 1.52. The maximum atomic E-state index is 8.99. The second kappa shape index (κ2) is 2.44. The van der Waals surface area contributed by atoms with Crippen molar-refractivity contribution in [3.05, 3.63) is 0 Å². The lowest BCUT2D eigenvalue weighted by atomic mass is 10.4. The summed E-state index contributed by atoms with van der Waals surface area (Å²) in [6.45, 7) is 0.859. The van der Waals surface area contributed by atoms with E-state index in [9.17, 15) is 0 Å². The first-order valence-electron chi connectivity index (χ1n) is 2.83. The lowest BCUT2D eigenvalue weighted by Gasteiger charge is -2.15. The van der Waals surface area contributed by atoms with Crippen molar-refractivity contribution < 1.29 is 9.94 Å². The van der Waals surface area contributed by atoms with Crippen molar-refractivity contribution in [2.24, 2.45) is 0 Å². The lowest BCUT2D eigenvalue weighted by molar-refractivity contribution is -0.197. The van der Waals surface area contributed by atoms with Gasteiger partial charge >= 0.3 is 0 Å². The number of aliphatic hydroxyl groups excluding tert-OH is 1. The van der Waals surface area contributed by atoms with E-state index >= 15 is 0 Å². The van der Waals surface area contributed by atoms with Gasteiger partial charge in [-0.05, 0) is 12.8 Å². The summed E-state index contributed by atoms with van der Waals surface area (Å²) in [7, 11) is 1.58. The van der Waals surface area contributed by atoms with Crippen LogP contribution in [0.3, 0.4) is 0 Å². The maximum Gasteiger partial charge on any atom is 0.129 e. The number of hydrogen-bond donors (Lipinski definition) is 1. The molecule has 1 N–H and O–H groups in total. The SMILES string of the molecule is CON1CCCC1O. The van der Waals surface area contributed by atoms with Gasteiger partial charge in [0, 0.05) is 6.54 Å². The first kappa shape index (κ1) is 6.01. The van der Waals surface area contributed by atoms with Crippen LogP contribution in [-0.2, 0) is 4.84 Å². The molecule has 0 aromatic carbocycles. The molecule has 1 atom stereocenters. The molecule has 3 nitrogen and oxygen atoms in total. The Morgan fingerprint density at radius 1 is 1.75 bits per heavy atom. The predicted molar refractivity (Wildman–Crippen MR) is 29.0 cm³/mol. The second-order valence-corrected chi connectivity index (χ2v) is 1.95. The Bertz CT molecular complexity index is 76.8. The van der Waals surface area contributed by atoms with Gasteiger partial charge in [0.15, 0.2) is 0 Å². The summed E-state index contributed by atoms with van der Waals surface area (Å²) in [6, 6.07) is 0. The van der Waals surface area contributed by atoms with Crippen molar-refractivity contribution in [2.45, 2.75) is 19.1 Å². The highest BCUT2D eigenvalue weighted by Gasteiger charge is 2.20. The molecule has 0 spiro atoms. The van der Waals surface area contributed by atoms with Crippen LogP contribution in [0.15, 0.2) is 0 Å². The van der Waals surface area contributed by atoms with Crippen LogP contribution in [0.1, 0.15) is 12.8 Å². The number of aliphatic hydroxyl groups is 1. The zero-order valence-electron chi connectivity index (χ0n) is 5.00. The topological polar surface area (TPSA) is 32.7 Å². The van der Waals surface area contributed by atoms with E-state index in [4.69, 9.17) is 9.94 Å². The molecule has 1 aliphatic rings. The average molecular weight is 117 g/mol. The standard InChI is InChI=1S/C5H11NO2/c1-8-6-4-2-3-5(6)7/h5,7H,2-4H2,1H3. The maximum absolute atomic E-state index is 8.99. The smallest absolute Gasteiger partial charge is 0.129 e. The average Bonchev–Trinajstić information content (AvgIpc) is 2.14. The number of hydroxylamine groups is 2. The number of nitrogens with zero attached hydrogens (tertiary/aromatic N) is 1. The fraction of sp³-hybridized carbons (Fsp3) is 1.00. The minimum atomic E-state index is -0.361. The lowest BCUT2D eigenvalue weighted by Crippen LogP contribution is -2.27. The fourth-order valence-electron chi connectivity index (χ4n) is 0.936. The molecule has 0 radical (unpaired) electrons.